The fourth-order valence-electron chi connectivity index (χ4n) is 4.31. The van der Waals surface area contributed by atoms with Gasteiger partial charge in [0.05, 0.1) is 24.1 Å². The Morgan fingerprint density at radius 3 is 2.63 bits per heavy atom. The standard InChI is InChI=1S/C19H21F3N4O/c20-19(21,22)15-6-4-5-14(11-15)18(7-2-1-3-8-18)17(27)25-9-10-26-16(12-25)23-13-24-26/h4-6,11,13H,1-3,7-10,12H2. The van der Waals surface area contributed by atoms with Crippen LogP contribution in [0.2, 0.25) is 0 Å². The number of carbonyl (C=O) groups is 1. The van der Waals surface area contributed by atoms with E-state index in [1.165, 1.54) is 12.4 Å². The summed E-state index contributed by atoms with van der Waals surface area (Å²) in [4.78, 5) is 19.5. The number of alkyl halides is 3. The SMILES string of the molecule is O=C(N1CCn2ncnc2C1)C1(c2cccc(C(F)(F)F)c2)CCCCC1. The number of carbonyl (C=O) groups excluding carboxylic acids is 1. The lowest BCUT2D eigenvalue weighted by Crippen LogP contribution is -2.50. The van der Waals surface area contributed by atoms with Crippen molar-refractivity contribution < 1.29 is 18.0 Å². The Balaban J connectivity index is 1.70. The van der Waals surface area contributed by atoms with Crippen molar-refractivity contribution in [3.8, 4) is 0 Å². The molecule has 2 heterocycles. The van der Waals surface area contributed by atoms with Crippen molar-refractivity contribution in [1.82, 2.24) is 19.7 Å². The molecule has 8 heteroatoms. The van der Waals surface area contributed by atoms with Gasteiger partial charge in [0.1, 0.15) is 12.2 Å². The molecule has 144 valence electrons. The summed E-state index contributed by atoms with van der Waals surface area (Å²) in [5.74, 6) is 0.625. The molecule has 0 bridgehead atoms. The third kappa shape index (κ3) is 3.21. The van der Waals surface area contributed by atoms with E-state index in [0.29, 0.717) is 43.9 Å². The molecule has 0 radical (unpaired) electrons. The van der Waals surface area contributed by atoms with Gasteiger partial charge in [0.2, 0.25) is 5.91 Å². The molecule has 1 fully saturated rings. The third-order valence-corrected chi connectivity index (χ3v) is 5.76. The van der Waals surface area contributed by atoms with Crippen LogP contribution in [0.1, 0.15) is 49.1 Å². The number of hydrogen-bond donors (Lipinski definition) is 0. The number of fused-ring (bicyclic) bond motifs is 1. The Labute approximate surface area is 155 Å². The summed E-state index contributed by atoms with van der Waals surface area (Å²) >= 11 is 0. The van der Waals surface area contributed by atoms with E-state index in [2.05, 4.69) is 10.1 Å². The lowest BCUT2D eigenvalue weighted by Gasteiger charge is -2.41. The zero-order valence-electron chi connectivity index (χ0n) is 14.9. The number of aromatic nitrogens is 3. The fraction of sp³-hybridized carbons (Fsp3) is 0.526. The first-order valence-corrected chi connectivity index (χ1v) is 9.24. The summed E-state index contributed by atoms with van der Waals surface area (Å²) in [6.45, 7) is 1.40. The second-order valence-electron chi connectivity index (χ2n) is 7.35. The second kappa shape index (κ2) is 6.65. The smallest absolute Gasteiger partial charge is 0.333 e. The Hall–Kier alpha value is -2.38. The minimum atomic E-state index is -4.42. The number of amides is 1. The maximum Gasteiger partial charge on any atom is 0.416 e. The number of rotatable bonds is 2. The van der Waals surface area contributed by atoms with Gasteiger partial charge in [-0.2, -0.15) is 18.3 Å². The molecule has 1 saturated carbocycles. The molecule has 0 saturated heterocycles. The van der Waals surface area contributed by atoms with Gasteiger partial charge in [-0.3, -0.25) is 4.79 Å². The molecule has 5 nitrogen and oxygen atoms in total. The van der Waals surface area contributed by atoms with Crippen LogP contribution < -0.4 is 0 Å². The number of benzene rings is 1. The molecule has 0 atom stereocenters. The Kier molecular flexibility index (Phi) is 4.44. The van der Waals surface area contributed by atoms with Crippen LogP contribution in [0.3, 0.4) is 0 Å². The topological polar surface area (TPSA) is 51.0 Å². The van der Waals surface area contributed by atoms with Gasteiger partial charge < -0.3 is 4.90 Å². The first-order chi connectivity index (χ1) is 12.9. The van der Waals surface area contributed by atoms with Crippen LogP contribution >= 0.6 is 0 Å². The number of halogens is 3. The highest BCUT2D eigenvalue weighted by Gasteiger charge is 2.45. The summed E-state index contributed by atoms with van der Waals surface area (Å²) in [5.41, 5.74) is -1.10. The van der Waals surface area contributed by atoms with E-state index >= 15 is 0 Å². The van der Waals surface area contributed by atoms with Gasteiger partial charge in [0.25, 0.3) is 0 Å². The van der Waals surface area contributed by atoms with Crippen molar-refractivity contribution in [2.75, 3.05) is 6.54 Å². The van der Waals surface area contributed by atoms with E-state index in [1.807, 2.05) is 0 Å². The highest BCUT2D eigenvalue weighted by molar-refractivity contribution is 5.88. The Morgan fingerprint density at radius 1 is 1.11 bits per heavy atom. The van der Waals surface area contributed by atoms with Crippen molar-refractivity contribution in [3.05, 3.63) is 47.5 Å². The maximum absolute atomic E-state index is 13.6. The van der Waals surface area contributed by atoms with E-state index in [9.17, 15) is 18.0 Å². The van der Waals surface area contributed by atoms with Gasteiger partial charge in [0.15, 0.2) is 0 Å². The van der Waals surface area contributed by atoms with Crippen molar-refractivity contribution in [3.63, 3.8) is 0 Å². The average molecular weight is 378 g/mol. The summed E-state index contributed by atoms with van der Waals surface area (Å²) in [6.07, 6.45) is 0.885. The Bertz CT molecular complexity index is 839. The fourth-order valence-corrected chi connectivity index (χ4v) is 4.31. The molecule has 0 unspecified atom stereocenters. The van der Waals surface area contributed by atoms with Gasteiger partial charge in [-0.1, -0.05) is 37.5 Å². The molecule has 1 amide bonds. The first kappa shape index (κ1) is 18.0. The quantitative estimate of drug-likeness (QED) is 0.803. The first-order valence-electron chi connectivity index (χ1n) is 9.24. The molecule has 1 aromatic carbocycles. The Morgan fingerprint density at radius 2 is 1.89 bits per heavy atom. The lowest BCUT2D eigenvalue weighted by atomic mass is 9.68. The van der Waals surface area contributed by atoms with E-state index in [0.717, 1.165) is 31.4 Å². The molecule has 1 aliphatic carbocycles. The molecular weight excluding hydrogens is 357 g/mol. The van der Waals surface area contributed by atoms with Crippen LogP contribution in [0, 0.1) is 0 Å². The molecule has 1 aliphatic heterocycles. The zero-order chi connectivity index (χ0) is 19.1. The van der Waals surface area contributed by atoms with Gasteiger partial charge in [-0.25, -0.2) is 9.67 Å². The van der Waals surface area contributed by atoms with Gasteiger partial charge >= 0.3 is 6.18 Å². The van der Waals surface area contributed by atoms with Crippen molar-refractivity contribution in [2.45, 2.75) is 56.8 Å². The van der Waals surface area contributed by atoms with Crippen LogP contribution in [-0.4, -0.2) is 32.1 Å². The van der Waals surface area contributed by atoms with Crippen LogP contribution in [0.25, 0.3) is 0 Å². The molecule has 2 aromatic rings. The lowest BCUT2D eigenvalue weighted by molar-refractivity contribution is -0.141. The van der Waals surface area contributed by atoms with E-state index < -0.39 is 17.2 Å². The molecule has 0 spiro atoms. The van der Waals surface area contributed by atoms with Crippen LogP contribution in [0.15, 0.2) is 30.6 Å². The zero-order valence-corrected chi connectivity index (χ0v) is 14.9. The summed E-state index contributed by atoms with van der Waals surface area (Å²) in [5, 5.41) is 4.12. The van der Waals surface area contributed by atoms with E-state index in [-0.39, 0.29) is 5.91 Å². The van der Waals surface area contributed by atoms with E-state index in [1.54, 1.807) is 15.6 Å². The maximum atomic E-state index is 13.6. The molecule has 27 heavy (non-hydrogen) atoms. The highest BCUT2D eigenvalue weighted by Crippen LogP contribution is 2.43. The predicted molar refractivity (Wildman–Crippen MR) is 91.6 cm³/mol. The van der Waals surface area contributed by atoms with Gasteiger partial charge in [-0.15, -0.1) is 0 Å². The number of nitrogens with zero attached hydrogens (tertiary/aromatic N) is 4. The largest absolute Gasteiger partial charge is 0.416 e. The highest BCUT2D eigenvalue weighted by atomic mass is 19.4. The van der Waals surface area contributed by atoms with Gasteiger partial charge in [0, 0.05) is 6.54 Å². The molecule has 2 aliphatic rings. The predicted octanol–water partition coefficient (Wildman–Crippen LogP) is 3.54. The minimum Gasteiger partial charge on any atom is -0.333 e. The summed E-state index contributed by atoms with van der Waals surface area (Å²) in [7, 11) is 0. The number of hydrogen-bond acceptors (Lipinski definition) is 3. The van der Waals surface area contributed by atoms with E-state index in [4.69, 9.17) is 0 Å². The van der Waals surface area contributed by atoms with Crippen molar-refractivity contribution >= 4 is 5.91 Å². The normalized spacial score (nSPS) is 19.6. The van der Waals surface area contributed by atoms with Crippen LogP contribution in [0.5, 0.6) is 0 Å². The second-order valence-corrected chi connectivity index (χ2v) is 7.35. The monoisotopic (exact) mass is 378 g/mol. The molecule has 4 rings (SSSR count). The summed E-state index contributed by atoms with van der Waals surface area (Å²) < 4.78 is 41.5. The molecular formula is C19H21F3N4O. The summed E-state index contributed by atoms with van der Waals surface area (Å²) in [6, 6.07) is 5.31. The molecule has 1 aromatic heterocycles. The third-order valence-electron chi connectivity index (χ3n) is 5.76. The van der Waals surface area contributed by atoms with Crippen molar-refractivity contribution in [2.24, 2.45) is 0 Å². The minimum absolute atomic E-state index is 0.0872. The van der Waals surface area contributed by atoms with Gasteiger partial charge in [-0.05, 0) is 24.5 Å². The van der Waals surface area contributed by atoms with Crippen molar-refractivity contribution in [1.29, 1.82) is 0 Å². The average Bonchev–Trinajstić information content (AvgIpc) is 3.15. The van der Waals surface area contributed by atoms with Crippen LogP contribution in [-0.2, 0) is 29.5 Å². The van der Waals surface area contributed by atoms with Crippen LogP contribution in [0.4, 0.5) is 13.2 Å². The molecule has 0 N–H and O–H groups in total.